The van der Waals surface area contributed by atoms with E-state index in [9.17, 15) is 9.59 Å². The van der Waals surface area contributed by atoms with Gasteiger partial charge in [-0.15, -0.1) is 6.58 Å². The number of fused-ring (bicyclic) bond motifs is 3. The van der Waals surface area contributed by atoms with Gasteiger partial charge in [0.2, 0.25) is 0 Å². The molecular formula is C27H30O4. The highest BCUT2D eigenvalue weighted by atomic mass is 16.5. The van der Waals surface area contributed by atoms with Crippen molar-refractivity contribution in [2.24, 2.45) is 0 Å². The summed E-state index contributed by atoms with van der Waals surface area (Å²) in [5, 5.41) is 4.51. The third kappa shape index (κ3) is 7.41. The average Bonchev–Trinajstić information content (AvgIpc) is 2.72. The Hall–Kier alpha value is -3.40. The van der Waals surface area contributed by atoms with Crippen LogP contribution in [-0.2, 0) is 20.7 Å². The molecule has 0 saturated heterocycles. The van der Waals surface area contributed by atoms with E-state index in [1.807, 2.05) is 32.0 Å². The molecule has 4 heteroatoms. The van der Waals surface area contributed by atoms with Gasteiger partial charge in [0.25, 0.3) is 6.47 Å². The minimum Gasteiger partial charge on any atom is -0.462 e. The van der Waals surface area contributed by atoms with Crippen molar-refractivity contribution < 1.29 is 19.1 Å². The third-order valence-corrected chi connectivity index (χ3v) is 4.50. The van der Waals surface area contributed by atoms with Gasteiger partial charge in [0.15, 0.2) is 0 Å². The fourth-order valence-electron chi connectivity index (χ4n) is 3.10. The Bertz CT molecular complexity index is 1090. The Morgan fingerprint density at radius 3 is 2.13 bits per heavy atom. The second-order valence-electron chi connectivity index (χ2n) is 7.80. The molecule has 3 rings (SSSR count). The number of aryl methyl sites for hydroxylation is 1. The number of unbranched alkanes of at least 4 members (excludes halogenated alkanes) is 1. The molecule has 0 saturated carbocycles. The van der Waals surface area contributed by atoms with Gasteiger partial charge in [-0.3, -0.25) is 4.79 Å². The number of hydrogen-bond acceptors (Lipinski definition) is 4. The largest absolute Gasteiger partial charge is 0.462 e. The van der Waals surface area contributed by atoms with Gasteiger partial charge in [0, 0.05) is 5.57 Å². The number of ether oxygens (including phenoxy) is 2. The molecule has 3 aromatic rings. The molecule has 0 bridgehead atoms. The maximum atomic E-state index is 11.3. The van der Waals surface area contributed by atoms with E-state index in [0.29, 0.717) is 24.4 Å². The van der Waals surface area contributed by atoms with Gasteiger partial charge in [-0.25, -0.2) is 4.79 Å². The minimum absolute atomic E-state index is 0.325. The zero-order valence-electron chi connectivity index (χ0n) is 18.6. The topological polar surface area (TPSA) is 52.6 Å². The first-order valence-corrected chi connectivity index (χ1v) is 10.3. The Morgan fingerprint density at radius 2 is 1.52 bits per heavy atom. The minimum atomic E-state index is -0.325. The number of hydrogen-bond donors (Lipinski definition) is 0. The van der Waals surface area contributed by atoms with E-state index in [1.54, 1.807) is 13.0 Å². The highest BCUT2D eigenvalue weighted by Crippen LogP contribution is 2.29. The normalized spacial score (nSPS) is 10.2. The lowest BCUT2D eigenvalue weighted by Gasteiger charge is -2.08. The molecule has 31 heavy (non-hydrogen) atoms. The lowest BCUT2D eigenvalue weighted by molar-refractivity contribution is -0.139. The zero-order valence-corrected chi connectivity index (χ0v) is 18.6. The van der Waals surface area contributed by atoms with Crippen LogP contribution in [0.3, 0.4) is 0 Å². The number of benzene rings is 3. The quantitative estimate of drug-likeness (QED) is 0.104. The number of carbonyl (C=O) groups is 2. The van der Waals surface area contributed by atoms with Gasteiger partial charge in [0.05, 0.1) is 6.61 Å². The first-order valence-electron chi connectivity index (χ1n) is 10.3. The van der Waals surface area contributed by atoms with Crippen LogP contribution in [0.2, 0.25) is 0 Å². The van der Waals surface area contributed by atoms with Crippen LogP contribution in [0, 0.1) is 0 Å². The van der Waals surface area contributed by atoms with Crippen molar-refractivity contribution in [1.82, 2.24) is 0 Å². The molecule has 0 fully saturated rings. The molecule has 0 unspecified atom stereocenters. The van der Waals surface area contributed by atoms with Crippen molar-refractivity contribution in [3.05, 3.63) is 78.4 Å². The average molecular weight is 419 g/mol. The zero-order chi connectivity index (χ0) is 22.8. The summed E-state index contributed by atoms with van der Waals surface area (Å²) >= 11 is 0. The molecule has 162 valence electrons. The SMILES string of the molecule is C=C(C)C.C=C(C)C(=O)OCCCCc1ccc2c(ccc3cc(OC=O)ccc32)c1. The Kier molecular flexibility index (Phi) is 9.01. The van der Waals surface area contributed by atoms with E-state index in [0.717, 1.165) is 30.0 Å². The van der Waals surface area contributed by atoms with Gasteiger partial charge < -0.3 is 9.47 Å². The lowest BCUT2D eigenvalue weighted by Crippen LogP contribution is -2.06. The van der Waals surface area contributed by atoms with Crippen molar-refractivity contribution in [3.63, 3.8) is 0 Å². The second kappa shape index (κ2) is 11.7. The Morgan fingerprint density at radius 1 is 0.903 bits per heavy atom. The summed E-state index contributed by atoms with van der Waals surface area (Å²) in [5.41, 5.74) is 2.86. The molecule has 0 heterocycles. The number of allylic oxidation sites excluding steroid dienone is 1. The van der Waals surface area contributed by atoms with Gasteiger partial charge in [-0.2, -0.15) is 0 Å². The molecule has 0 aliphatic heterocycles. The van der Waals surface area contributed by atoms with Crippen molar-refractivity contribution in [1.29, 1.82) is 0 Å². The van der Waals surface area contributed by atoms with Crippen LogP contribution in [-0.4, -0.2) is 19.0 Å². The number of esters is 1. The molecule has 0 spiro atoms. The van der Waals surface area contributed by atoms with E-state index in [2.05, 4.69) is 37.4 Å². The molecule has 0 aliphatic carbocycles. The summed E-state index contributed by atoms with van der Waals surface area (Å²) in [6, 6.07) is 16.2. The maximum Gasteiger partial charge on any atom is 0.333 e. The van der Waals surface area contributed by atoms with E-state index in [4.69, 9.17) is 9.47 Å². The molecule has 0 radical (unpaired) electrons. The molecule has 0 aliphatic rings. The lowest BCUT2D eigenvalue weighted by atomic mass is 9.98. The highest BCUT2D eigenvalue weighted by molar-refractivity contribution is 6.08. The monoisotopic (exact) mass is 418 g/mol. The van der Waals surface area contributed by atoms with Gasteiger partial charge >= 0.3 is 5.97 Å². The standard InChI is InChI=1S/C23H22O4.C4H8/c1-16(2)23(25)26-12-4-3-5-17-6-10-21-18(13-17)7-8-19-14-20(27-15-24)9-11-22(19)21;1-4(2)3/h6-11,13-15H,1,3-5,12H2,2H3;1H2,2-3H3. The smallest absolute Gasteiger partial charge is 0.333 e. The summed E-state index contributed by atoms with van der Waals surface area (Å²) in [7, 11) is 0. The van der Waals surface area contributed by atoms with Crippen molar-refractivity contribution in [2.75, 3.05) is 6.61 Å². The van der Waals surface area contributed by atoms with Crippen molar-refractivity contribution >= 4 is 34.0 Å². The predicted molar refractivity (Wildman–Crippen MR) is 127 cm³/mol. The number of carbonyl (C=O) groups excluding carboxylic acids is 2. The van der Waals surface area contributed by atoms with Crippen LogP contribution in [0.15, 0.2) is 72.8 Å². The molecule has 3 aromatic carbocycles. The summed E-state index contributed by atoms with van der Waals surface area (Å²) in [5.74, 6) is 0.218. The predicted octanol–water partition coefficient (Wildman–Crippen LogP) is 6.55. The van der Waals surface area contributed by atoms with E-state index >= 15 is 0 Å². The maximum absolute atomic E-state index is 11.3. The summed E-state index contributed by atoms with van der Waals surface area (Å²) in [4.78, 5) is 21.8. The molecule has 0 aromatic heterocycles. The fourth-order valence-corrected chi connectivity index (χ4v) is 3.10. The van der Waals surface area contributed by atoms with Gasteiger partial charge in [-0.1, -0.05) is 48.6 Å². The van der Waals surface area contributed by atoms with E-state index in [-0.39, 0.29) is 5.97 Å². The molecule has 0 N–H and O–H groups in total. The fraction of sp³-hybridized carbons (Fsp3) is 0.259. The second-order valence-corrected chi connectivity index (χ2v) is 7.80. The van der Waals surface area contributed by atoms with Crippen LogP contribution < -0.4 is 4.74 Å². The van der Waals surface area contributed by atoms with Crippen LogP contribution >= 0.6 is 0 Å². The molecule has 0 atom stereocenters. The van der Waals surface area contributed by atoms with Crippen LogP contribution in [0.5, 0.6) is 5.75 Å². The Labute approximate surface area is 184 Å². The first-order chi connectivity index (χ1) is 14.8. The molecular weight excluding hydrogens is 388 g/mol. The Balaban J connectivity index is 0.000000785. The summed E-state index contributed by atoms with van der Waals surface area (Å²) < 4.78 is 10.0. The van der Waals surface area contributed by atoms with Gasteiger partial charge in [0.1, 0.15) is 5.75 Å². The highest BCUT2D eigenvalue weighted by Gasteiger charge is 2.05. The van der Waals surface area contributed by atoms with Crippen molar-refractivity contribution in [3.8, 4) is 5.75 Å². The van der Waals surface area contributed by atoms with Crippen LogP contribution in [0.4, 0.5) is 0 Å². The first kappa shape index (κ1) is 23.9. The molecule has 0 amide bonds. The summed E-state index contributed by atoms with van der Waals surface area (Å²) in [6.45, 7) is 13.6. The van der Waals surface area contributed by atoms with Crippen molar-refractivity contribution in [2.45, 2.75) is 40.0 Å². The van der Waals surface area contributed by atoms with Gasteiger partial charge in [-0.05, 0) is 79.3 Å². The van der Waals surface area contributed by atoms with Crippen LogP contribution in [0.25, 0.3) is 21.5 Å². The summed E-state index contributed by atoms with van der Waals surface area (Å²) in [6.07, 6.45) is 2.72. The van der Waals surface area contributed by atoms with E-state index in [1.165, 1.54) is 21.9 Å². The number of rotatable bonds is 8. The van der Waals surface area contributed by atoms with E-state index < -0.39 is 0 Å². The molecule has 4 nitrogen and oxygen atoms in total. The van der Waals surface area contributed by atoms with Crippen LogP contribution in [0.1, 0.15) is 39.2 Å². The third-order valence-electron chi connectivity index (χ3n) is 4.50.